The van der Waals surface area contributed by atoms with Crippen molar-refractivity contribution in [1.82, 2.24) is 4.90 Å². The number of hydrogen-bond acceptors (Lipinski definition) is 3. The average Bonchev–Trinajstić information content (AvgIpc) is 2.49. The highest BCUT2D eigenvalue weighted by Crippen LogP contribution is 2.29. The molecule has 2 aliphatic heterocycles. The second kappa shape index (κ2) is 5.68. The maximum absolute atomic E-state index is 12.8. The number of allylic oxidation sites excluding steroid dienone is 2. The Kier molecular flexibility index (Phi) is 3.86. The molecular formula is C16H14IN3O2. The van der Waals surface area contributed by atoms with Crippen LogP contribution in [0.4, 0.5) is 5.69 Å². The van der Waals surface area contributed by atoms with Crippen LogP contribution in [0.5, 0.6) is 0 Å². The largest absolute Gasteiger partial charge is 0.324 e. The number of aliphatic imine (C=N–C) groups is 1. The van der Waals surface area contributed by atoms with Crippen LogP contribution in [-0.2, 0) is 9.59 Å². The molecule has 0 bridgehead atoms. The Morgan fingerprint density at radius 1 is 1.32 bits per heavy atom. The molecule has 3 rings (SSSR count). The van der Waals surface area contributed by atoms with Crippen molar-refractivity contribution < 1.29 is 9.59 Å². The maximum Gasteiger partial charge on any atom is 0.250 e. The molecule has 0 radical (unpaired) electrons. The highest BCUT2D eigenvalue weighted by Gasteiger charge is 2.45. The van der Waals surface area contributed by atoms with Gasteiger partial charge in [-0.15, -0.1) is 0 Å². The van der Waals surface area contributed by atoms with Gasteiger partial charge in [-0.05, 0) is 65.9 Å². The number of amidine groups is 1. The molecule has 2 aliphatic rings. The molecule has 1 atom stereocenters. The minimum Gasteiger partial charge on any atom is -0.324 e. The molecule has 1 aromatic rings. The Bertz CT molecular complexity index is 721. The number of nitrogens with one attached hydrogen (secondary N) is 1. The number of carbonyl (C=O) groups is 2. The van der Waals surface area contributed by atoms with E-state index in [1.807, 2.05) is 30.3 Å². The third-order valence-corrected chi connectivity index (χ3v) is 4.42. The zero-order chi connectivity index (χ0) is 15.7. The fourth-order valence-electron chi connectivity index (χ4n) is 2.48. The molecule has 0 saturated carbocycles. The van der Waals surface area contributed by atoms with Gasteiger partial charge in [0.1, 0.15) is 11.4 Å². The van der Waals surface area contributed by atoms with Crippen molar-refractivity contribution in [2.45, 2.75) is 18.9 Å². The highest BCUT2D eigenvalue weighted by molar-refractivity contribution is 14.1. The number of amides is 2. The summed E-state index contributed by atoms with van der Waals surface area (Å²) in [6, 6.07) is 7.52. The van der Waals surface area contributed by atoms with Crippen LogP contribution in [0.1, 0.15) is 13.3 Å². The number of rotatable bonds is 2. The van der Waals surface area contributed by atoms with Gasteiger partial charge in [0, 0.05) is 15.5 Å². The number of anilines is 1. The zero-order valence-electron chi connectivity index (χ0n) is 11.9. The first-order chi connectivity index (χ1) is 10.5. The lowest BCUT2D eigenvalue weighted by atomic mass is 9.91. The normalized spacial score (nSPS) is 23.1. The van der Waals surface area contributed by atoms with E-state index < -0.39 is 5.54 Å². The van der Waals surface area contributed by atoms with Gasteiger partial charge in [0.2, 0.25) is 0 Å². The molecule has 0 fully saturated rings. The van der Waals surface area contributed by atoms with E-state index in [1.54, 1.807) is 30.2 Å². The highest BCUT2D eigenvalue weighted by atomic mass is 127. The smallest absolute Gasteiger partial charge is 0.250 e. The molecule has 1 N–H and O–H groups in total. The van der Waals surface area contributed by atoms with Gasteiger partial charge >= 0.3 is 0 Å². The lowest BCUT2D eigenvalue weighted by Gasteiger charge is -2.41. The van der Waals surface area contributed by atoms with Crippen LogP contribution in [0.3, 0.4) is 0 Å². The molecule has 1 unspecified atom stereocenters. The van der Waals surface area contributed by atoms with E-state index in [0.29, 0.717) is 11.5 Å². The minimum absolute atomic E-state index is 0.0465. The minimum atomic E-state index is -0.988. The summed E-state index contributed by atoms with van der Waals surface area (Å²) in [5.41, 5.74) is -0.280. The van der Waals surface area contributed by atoms with Crippen molar-refractivity contribution >= 4 is 45.9 Å². The Morgan fingerprint density at radius 3 is 2.77 bits per heavy atom. The summed E-state index contributed by atoms with van der Waals surface area (Å²) in [5.74, 6) is -0.0140. The summed E-state index contributed by atoms with van der Waals surface area (Å²) >= 11 is 2.21. The van der Waals surface area contributed by atoms with Gasteiger partial charge < -0.3 is 10.2 Å². The van der Waals surface area contributed by atoms with Crippen LogP contribution >= 0.6 is 22.6 Å². The Hall–Kier alpha value is -1.96. The summed E-state index contributed by atoms with van der Waals surface area (Å²) in [5, 5.41) is 2.88. The number of nitrogens with zero attached hydrogens (tertiary/aromatic N) is 2. The molecule has 2 amide bonds. The second-order valence-electron chi connectivity index (χ2n) is 5.35. The fourth-order valence-corrected chi connectivity index (χ4v) is 2.84. The summed E-state index contributed by atoms with van der Waals surface area (Å²) < 4.78 is 1.09. The van der Waals surface area contributed by atoms with Gasteiger partial charge in [-0.2, -0.15) is 4.99 Å². The van der Waals surface area contributed by atoms with Crippen molar-refractivity contribution in [2.24, 2.45) is 4.99 Å². The topological polar surface area (TPSA) is 61.8 Å². The number of halogens is 1. The zero-order valence-corrected chi connectivity index (χ0v) is 14.1. The van der Waals surface area contributed by atoms with Gasteiger partial charge in [0.15, 0.2) is 0 Å². The van der Waals surface area contributed by atoms with Crippen LogP contribution in [-0.4, -0.2) is 28.1 Å². The first-order valence-corrected chi connectivity index (χ1v) is 7.90. The third kappa shape index (κ3) is 2.70. The molecule has 0 aliphatic carbocycles. The van der Waals surface area contributed by atoms with Crippen LogP contribution in [0.25, 0.3) is 0 Å². The van der Waals surface area contributed by atoms with Crippen LogP contribution in [0.15, 0.2) is 53.7 Å². The van der Waals surface area contributed by atoms with E-state index in [2.05, 4.69) is 32.9 Å². The summed E-state index contributed by atoms with van der Waals surface area (Å²) in [6.07, 6.45) is 7.17. The predicted octanol–water partition coefficient (Wildman–Crippen LogP) is 2.70. The molecule has 0 saturated heterocycles. The first-order valence-electron chi connectivity index (χ1n) is 6.82. The Labute approximate surface area is 141 Å². The third-order valence-electron chi connectivity index (χ3n) is 3.70. The quantitative estimate of drug-likeness (QED) is 0.768. The van der Waals surface area contributed by atoms with Crippen molar-refractivity contribution in [1.29, 1.82) is 0 Å². The predicted molar refractivity (Wildman–Crippen MR) is 93.4 cm³/mol. The first kappa shape index (κ1) is 15.0. The molecule has 2 heterocycles. The van der Waals surface area contributed by atoms with Gasteiger partial charge in [0.25, 0.3) is 11.8 Å². The van der Waals surface area contributed by atoms with Crippen LogP contribution < -0.4 is 5.32 Å². The standard InChI is InChI=1S/C16H14IN3O2/c1-16(15(22)18-12-7-5-11(17)6-8-12)10-14(21)19-13-4-2-3-9-20(13)16/h2-9H,10H2,1H3,(H,18,22). The van der Waals surface area contributed by atoms with E-state index in [-0.39, 0.29) is 18.2 Å². The van der Waals surface area contributed by atoms with Crippen LogP contribution in [0.2, 0.25) is 0 Å². The molecule has 6 heteroatoms. The Morgan fingerprint density at radius 2 is 2.05 bits per heavy atom. The van der Waals surface area contributed by atoms with E-state index in [4.69, 9.17) is 0 Å². The van der Waals surface area contributed by atoms with Gasteiger partial charge in [0.05, 0.1) is 6.42 Å². The van der Waals surface area contributed by atoms with Crippen LogP contribution in [0, 0.1) is 3.57 Å². The Balaban J connectivity index is 1.88. The van der Waals surface area contributed by atoms with E-state index in [1.165, 1.54) is 0 Å². The van der Waals surface area contributed by atoms with Crippen molar-refractivity contribution in [2.75, 3.05) is 5.32 Å². The van der Waals surface area contributed by atoms with Gasteiger partial charge in [-0.1, -0.05) is 6.08 Å². The van der Waals surface area contributed by atoms with Crippen molar-refractivity contribution in [3.05, 3.63) is 52.3 Å². The fraction of sp³-hybridized carbons (Fsp3) is 0.188. The molecule has 22 heavy (non-hydrogen) atoms. The molecule has 1 aromatic carbocycles. The molecule has 5 nitrogen and oxygen atoms in total. The summed E-state index contributed by atoms with van der Waals surface area (Å²) in [6.45, 7) is 1.76. The molecular weight excluding hydrogens is 393 g/mol. The second-order valence-corrected chi connectivity index (χ2v) is 6.59. The van der Waals surface area contributed by atoms with E-state index >= 15 is 0 Å². The SMILES string of the molecule is CC1(C(=O)Nc2ccc(I)cc2)CC(=O)N=C2C=CC=CN21. The average molecular weight is 407 g/mol. The summed E-state index contributed by atoms with van der Waals surface area (Å²) in [7, 11) is 0. The molecule has 0 aromatic heterocycles. The number of fused-ring (bicyclic) bond motifs is 1. The monoisotopic (exact) mass is 407 g/mol. The number of benzene rings is 1. The maximum atomic E-state index is 12.8. The van der Waals surface area contributed by atoms with Crippen molar-refractivity contribution in [3.63, 3.8) is 0 Å². The lowest BCUT2D eigenvalue weighted by Crippen LogP contribution is -2.58. The number of hydrogen-bond donors (Lipinski definition) is 1. The molecule has 112 valence electrons. The van der Waals surface area contributed by atoms with E-state index in [9.17, 15) is 9.59 Å². The summed E-state index contributed by atoms with van der Waals surface area (Å²) in [4.78, 5) is 30.4. The lowest BCUT2D eigenvalue weighted by molar-refractivity contribution is -0.130. The van der Waals surface area contributed by atoms with Gasteiger partial charge in [-0.3, -0.25) is 9.59 Å². The number of carbonyl (C=O) groups excluding carboxylic acids is 2. The van der Waals surface area contributed by atoms with Gasteiger partial charge in [-0.25, -0.2) is 0 Å². The van der Waals surface area contributed by atoms with E-state index in [0.717, 1.165) is 3.57 Å². The molecule has 0 spiro atoms. The van der Waals surface area contributed by atoms with Crippen molar-refractivity contribution in [3.8, 4) is 0 Å².